The number of hydrogen-bond acceptors (Lipinski definition) is 8. The van der Waals surface area contributed by atoms with E-state index in [9.17, 15) is 24.3 Å². The highest BCUT2D eigenvalue weighted by atomic mass is 35.5. The van der Waals surface area contributed by atoms with Crippen molar-refractivity contribution in [3.8, 4) is 11.5 Å². The van der Waals surface area contributed by atoms with Crippen molar-refractivity contribution in [2.24, 2.45) is 11.3 Å². The molecule has 2 amide bonds. The van der Waals surface area contributed by atoms with Gasteiger partial charge in [-0.1, -0.05) is 51.4 Å². The third-order valence-electron chi connectivity index (χ3n) is 7.08. The maximum atomic E-state index is 14.3. The summed E-state index contributed by atoms with van der Waals surface area (Å²) in [6.07, 6.45) is -2.51. The number of fused-ring (bicyclic) bond motifs is 1. The first kappa shape index (κ1) is 34.7. The number of benzene rings is 2. The van der Waals surface area contributed by atoms with Crippen LogP contribution >= 0.6 is 11.6 Å². The minimum atomic E-state index is -1.33. The fourth-order valence-electron chi connectivity index (χ4n) is 5.11. The summed E-state index contributed by atoms with van der Waals surface area (Å²) in [7, 11) is 2.98. The monoisotopic (exact) mass is 632 g/mol. The van der Waals surface area contributed by atoms with Gasteiger partial charge < -0.3 is 34.3 Å². The lowest BCUT2D eigenvalue weighted by Crippen LogP contribution is -2.48. The molecule has 0 spiro atoms. The number of carboxylic acid groups (broad SMARTS) is 1. The van der Waals surface area contributed by atoms with E-state index in [4.69, 9.17) is 30.5 Å². The van der Waals surface area contributed by atoms with Gasteiger partial charge in [-0.25, -0.2) is 4.79 Å². The summed E-state index contributed by atoms with van der Waals surface area (Å²) in [4.78, 5) is 52.5. The van der Waals surface area contributed by atoms with E-state index in [0.29, 0.717) is 33.3 Å². The second kappa shape index (κ2) is 14.8. The van der Waals surface area contributed by atoms with Crippen molar-refractivity contribution in [2.45, 2.75) is 65.7 Å². The summed E-state index contributed by atoms with van der Waals surface area (Å²) in [5, 5.41) is 12.6. The molecule has 12 heteroatoms. The summed E-state index contributed by atoms with van der Waals surface area (Å²) in [6, 6.07) is 9.14. The Bertz CT molecular complexity index is 1380. The molecule has 0 radical (unpaired) electrons. The molecule has 0 unspecified atom stereocenters. The van der Waals surface area contributed by atoms with Crippen molar-refractivity contribution >= 4 is 41.0 Å². The van der Waals surface area contributed by atoms with Gasteiger partial charge in [-0.3, -0.25) is 14.4 Å². The third kappa shape index (κ3) is 8.63. The van der Waals surface area contributed by atoms with E-state index in [1.54, 1.807) is 36.4 Å². The van der Waals surface area contributed by atoms with E-state index in [1.807, 2.05) is 27.7 Å². The van der Waals surface area contributed by atoms with Gasteiger partial charge in [-0.05, 0) is 36.6 Å². The van der Waals surface area contributed by atoms with Gasteiger partial charge in [0.15, 0.2) is 11.5 Å². The van der Waals surface area contributed by atoms with E-state index in [-0.39, 0.29) is 25.5 Å². The zero-order valence-corrected chi connectivity index (χ0v) is 26.9. The lowest BCUT2D eigenvalue weighted by Gasteiger charge is -2.33. The van der Waals surface area contributed by atoms with Gasteiger partial charge in [0, 0.05) is 40.7 Å². The lowest BCUT2D eigenvalue weighted by molar-refractivity contribution is -0.144. The van der Waals surface area contributed by atoms with Gasteiger partial charge in [0.05, 0.1) is 27.2 Å². The Morgan fingerprint density at radius 1 is 1.11 bits per heavy atom. The van der Waals surface area contributed by atoms with E-state index in [1.165, 1.54) is 26.0 Å². The van der Waals surface area contributed by atoms with Gasteiger partial charge in [-0.2, -0.15) is 0 Å². The second-order valence-electron chi connectivity index (χ2n) is 12.0. The molecule has 44 heavy (non-hydrogen) atoms. The zero-order valence-electron chi connectivity index (χ0n) is 26.1. The van der Waals surface area contributed by atoms with Crippen molar-refractivity contribution in [1.29, 1.82) is 0 Å². The maximum absolute atomic E-state index is 14.3. The number of rotatable bonds is 13. The first-order valence-electron chi connectivity index (χ1n) is 14.3. The number of anilines is 1. The molecule has 1 aliphatic heterocycles. The van der Waals surface area contributed by atoms with Crippen molar-refractivity contribution in [3.05, 3.63) is 52.5 Å². The van der Waals surface area contributed by atoms with Crippen molar-refractivity contribution in [2.75, 3.05) is 32.3 Å². The molecule has 240 valence electrons. The van der Waals surface area contributed by atoms with Gasteiger partial charge in [0.1, 0.15) is 18.2 Å². The minimum absolute atomic E-state index is 0.00580. The van der Waals surface area contributed by atoms with Gasteiger partial charge >= 0.3 is 11.9 Å². The number of nitrogens with one attached hydrogen (secondary N) is 1. The molecule has 1 aliphatic rings. The first-order chi connectivity index (χ1) is 20.7. The van der Waals surface area contributed by atoms with Crippen molar-refractivity contribution in [1.82, 2.24) is 5.32 Å². The zero-order chi connectivity index (χ0) is 32.8. The number of esters is 1. The standard InChI is InChI=1S/C32H41ClN2O9/c1-18(2)13-23(31(39)40)34-27(37)15-26-30(38)35(16-32(4,5)17-43-19(3)36)24-12-11-20(33)14-22(24)28(44-26)21-9-8-10-25(41-6)29(21)42-7/h8-12,14,18,23,26,28H,13,15-17H2,1-7H3,(H,34,37)(H,39,40)/t23-,26-,28+/m1/s1. The Morgan fingerprint density at radius 2 is 1.82 bits per heavy atom. The molecule has 0 saturated carbocycles. The summed E-state index contributed by atoms with van der Waals surface area (Å²) < 4.78 is 23.0. The number of amides is 2. The van der Waals surface area contributed by atoms with Crippen LogP contribution in [-0.4, -0.2) is 68.4 Å². The smallest absolute Gasteiger partial charge is 0.326 e. The van der Waals surface area contributed by atoms with Crippen molar-refractivity contribution in [3.63, 3.8) is 0 Å². The normalized spacial score (nSPS) is 17.4. The Morgan fingerprint density at radius 3 is 2.41 bits per heavy atom. The number of hydrogen-bond donors (Lipinski definition) is 2. The average Bonchev–Trinajstić information content (AvgIpc) is 3.05. The average molecular weight is 633 g/mol. The Hall–Kier alpha value is -3.83. The van der Waals surface area contributed by atoms with Crippen LogP contribution < -0.4 is 19.7 Å². The van der Waals surface area contributed by atoms with Crippen LogP contribution in [0.25, 0.3) is 0 Å². The number of halogens is 1. The molecule has 2 N–H and O–H groups in total. The summed E-state index contributed by atoms with van der Waals surface area (Å²) in [5.41, 5.74) is 0.838. The maximum Gasteiger partial charge on any atom is 0.326 e. The highest BCUT2D eigenvalue weighted by Gasteiger charge is 2.41. The molecule has 0 fully saturated rings. The van der Waals surface area contributed by atoms with Crippen LogP contribution in [0.1, 0.15) is 64.7 Å². The number of carbonyl (C=O) groups is 4. The fraction of sp³-hybridized carbons (Fsp3) is 0.500. The van der Waals surface area contributed by atoms with Gasteiger partial charge in [0.25, 0.3) is 5.91 Å². The lowest BCUT2D eigenvalue weighted by atomic mass is 9.92. The number of ether oxygens (including phenoxy) is 4. The van der Waals surface area contributed by atoms with Gasteiger partial charge in [0.2, 0.25) is 5.91 Å². The SMILES string of the molecule is COc1cccc([C@@H]2O[C@H](CC(=O)N[C@H](CC(C)C)C(=O)O)C(=O)N(CC(C)(C)COC(C)=O)c3ccc(Cl)cc32)c1OC. The minimum Gasteiger partial charge on any atom is -0.493 e. The van der Waals surface area contributed by atoms with Crippen LogP contribution in [0.2, 0.25) is 5.02 Å². The number of carbonyl (C=O) groups excluding carboxylic acids is 3. The molecule has 1 heterocycles. The highest BCUT2D eigenvalue weighted by molar-refractivity contribution is 6.30. The molecule has 3 atom stereocenters. The van der Waals surface area contributed by atoms with Crippen LogP contribution in [0, 0.1) is 11.3 Å². The topological polar surface area (TPSA) is 141 Å². The van der Waals surface area contributed by atoms with Crippen molar-refractivity contribution < 1.29 is 43.2 Å². The summed E-state index contributed by atoms with van der Waals surface area (Å²) in [5.74, 6) is -2.01. The number of methoxy groups -OCH3 is 2. The van der Waals surface area contributed by atoms with Crippen LogP contribution in [0.4, 0.5) is 5.69 Å². The molecule has 11 nitrogen and oxygen atoms in total. The molecule has 0 aliphatic carbocycles. The molecular weight excluding hydrogens is 592 g/mol. The van der Waals surface area contributed by atoms with Crippen LogP contribution in [0.3, 0.4) is 0 Å². The molecule has 0 saturated heterocycles. The number of aliphatic carboxylic acids is 1. The molecule has 2 aromatic rings. The summed E-state index contributed by atoms with van der Waals surface area (Å²) in [6.45, 7) is 8.83. The quantitative estimate of drug-likeness (QED) is 0.299. The van der Waals surface area contributed by atoms with Crippen LogP contribution in [-0.2, 0) is 28.7 Å². The molecule has 0 aromatic heterocycles. The second-order valence-corrected chi connectivity index (χ2v) is 12.4. The Labute approximate surface area is 262 Å². The van der Waals surface area contributed by atoms with Gasteiger partial charge in [-0.15, -0.1) is 0 Å². The molecular formula is C32H41ClN2O9. The summed E-state index contributed by atoms with van der Waals surface area (Å²) >= 11 is 6.47. The number of nitrogens with zero attached hydrogens (tertiary/aromatic N) is 1. The predicted molar refractivity (Wildman–Crippen MR) is 164 cm³/mol. The number of carboxylic acids is 1. The van der Waals surface area contributed by atoms with E-state index in [2.05, 4.69) is 5.32 Å². The molecule has 2 aromatic carbocycles. The highest BCUT2D eigenvalue weighted by Crippen LogP contribution is 2.45. The Kier molecular flexibility index (Phi) is 11.6. The van der Waals surface area contributed by atoms with E-state index in [0.717, 1.165) is 0 Å². The molecule has 0 bridgehead atoms. The van der Waals surface area contributed by atoms with E-state index >= 15 is 0 Å². The fourth-order valence-corrected chi connectivity index (χ4v) is 5.29. The first-order valence-corrected chi connectivity index (χ1v) is 14.7. The van der Waals surface area contributed by atoms with Crippen LogP contribution in [0.15, 0.2) is 36.4 Å². The third-order valence-corrected chi connectivity index (χ3v) is 7.32. The largest absolute Gasteiger partial charge is 0.493 e. The predicted octanol–water partition coefficient (Wildman–Crippen LogP) is 4.77. The number of para-hydroxylation sites is 1. The Balaban J connectivity index is 2.15. The van der Waals surface area contributed by atoms with E-state index < -0.39 is 53.8 Å². The van der Waals surface area contributed by atoms with Crippen LogP contribution in [0.5, 0.6) is 11.5 Å². The molecule has 3 rings (SSSR count).